The van der Waals surface area contributed by atoms with Crippen molar-refractivity contribution in [2.75, 3.05) is 18.6 Å². The molecule has 3 nitrogen and oxygen atoms in total. The molecule has 0 radical (unpaired) electrons. The Kier molecular flexibility index (Phi) is 5.16. The molecule has 0 bridgehead atoms. The van der Waals surface area contributed by atoms with Gasteiger partial charge in [0.2, 0.25) is 5.91 Å². The summed E-state index contributed by atoms with van der Waals surface area (Å²) in [4.78, 5) is 12.0. The maximum absolute atomic E-state index is 12.0. The summed E-state index contributed by atoms with van der Waals surface area (Å²) in [5.41, 5.74) is 0. The largest absolute Gasteiger partial charge is 0.354 e. The first kappa shape index (κ1) is 13.2. The van der Waals surface area contributed by atoms with Gasteiger partial charge in [-0.2, -0.15) is 11.8 Å². The van der Waals surface area contributed by atoms with E-state index in [0.29, 0.717) is 6.04 Å². The molecule has 1 aliphatic carbocycles. The second-order valence-electron chi connectivity index (χ2n) is 5.23. The van der Waals surface area contributed by atoms with Gasteiger partial charge in [-0.05, 0) is 37.9 Å². The minimum atomic E-state index is 0.0659. The Hall–Kier alpha value is -0.220. The summed E-state index contributed by atoms with van der Waals surface area (Å²) in [6.07, 6.45) is 9.66. The predicted molar refractivity (Wildman–Crippen MR) is 73.3 cm³/mol. The zero-order chi connectivity index (χ0) is 12.1. The standard InChI is InChI=1S/C13H24N2OS/c1-17-9-8-14-13(16)12-7-6-10-4-2-3-5-11(10)15-12/h10-12,15H,2-9H2,1H3,(H,14,16). The highest BCUT2D eigenvalue weighted by atomic mass is 32.2. The third-order valence-corrected chi connectivity index (χ3v) is 4.68. The van der Waals surface area contributed by atoms with E-state index in [1.807, 2.05) is 0 Å². The molecule has 2 rings (SSSR count). The lowest BCUT2D eigenvalue weighted by atomic mass is 9.77. The summed E-state index contributed by atoms with van der Waals surface area (Å²) in [6.45, 7) is 0.798. The molecule has 1 saturated carbocycles. The van der Waals surface area contributed by atoms with Crippen molar-refractivity contribution in [3.05, 3.63) is 0 Å². The van der Waals surface area contributed by atoms with Gasteiger partial charge in [-0.25, -0.2) is 0 Å². The van der Waals surface area contributed by atoms with E-state index in [1.165, 1.54) is 32.1 Å². The van der Waals surface area contributed by atoms with Crippen LogP contribution in [0.1, 0.15) is 38.5 Å². The lowest BCUT2D eigenvalue weighted by Gasteiger charge is -2.39. The van der Waals surface area contributed by atoms with Crippen molar-refractivity contribution in [2.45, 2.75) is 50.6 Å². The number of hydrogen-bond acceptors (Lipinski definition) is 3. The first-order valence-corrected chi connectivity index (χ1v) is 8.23. The molecule has 17 heavy (non-hydrogen) atoms. The van der Waals surface area contributed by atoms with Crippen LogP contribution in [0.2, 0.25) is 0 Å². The van der Waals surface area contributed by atoms with Gasteiger partial charge in [-0.3, -0.25) is 4.79 Å². The molecule has 0 aromatic heterocycles. The monoisotopic (exact) mass is 256 g/mol. The van der Waals surface area contributed by atoms with Gasteiger partial charge in [0.25, 0.3) is 0 Å². The number of amides is 1. The fourth-order valence-electron chi connectivity index (χ4n) is 3.10. The zero-order valence-corrected chi connectivity index (χ0v) is 11.5. The molecule has 1 saturated heterocycles. The van der Waals surface area contributed by atoms with Crippen LogP contribution in [0.5, 0.6) is 0 Å². The van der Waals surface area contributed by atoms with Gasteiger partial charge in [0.1, 0.15) is 0 Å². The van der Waals surface area contributed by atoms with Gasteiger partial charge < -0.3 is 10.6 Å². The van der Waals surface area contributed by atoms with Crippen LogP contribution in [0, 0.1) is 5.92 Å². The Bertz CT molecular complexity index is 260. The minimum Gasteiger partial charge on any atom is -0.354 e. The van der Waals surface area contributed by atoms with E-state index >= 15 is 0 Å². The van der Waals surface area contributed by atoms with Crippen molar-refractivity contribution in [3.63, 3.8) is 0 Å². The predicted octanol–water partition coefficient (Wildman–Crippen LogP) is 1.78. The van der Waals surface area contributed by atoms with E-state index in [0.717, 1.165) is 24.6 Å². The van der Waals surface area contributed by atoms with Gasteiger partial charge in [0.05, 0.1) is 6.04 Å². The number of fused-ring (bicyclic) bond motifs is 1. The average molecular weight is 256 g/mol. The molecule has 0 spiro atoms. The van der Waals surface area contributed by atoms with E-state index < -0.39 is 0 Å². The van der Waals surface area contributed by atoms with Gasteiger partial charge >= 0.3 is 0 Å². The summed E-state index contributed by atoms with van der Waals surface area (Å²) in [7, 11) is 0. The van der Waals surface area contributed by atoms with E-state index in [4.69, 9.17) is 0 Å². The third kappa shape index (κ3) is 3.62. The molecule has 1 heterocycles. The molecule has 0 aromatic carbocycles. The minimum absolute atomic E-state index is 0.0659. The molecular formula is C13H24N2OS. The average Bonchev–Trinajstić information content (AvgIpc) is 2.38. The summed E-state index contributed by atoms with van der Waals surface area (Å²) in [6, 6.07) is 0.671. The topological polar surface area (TPSA) is 41.1 Å². The summed E-state index contributed by atoms with van der Waals surface area (Å²) >= 11 is 1.77. The van der Waals surface area contributed by atoms with E-state index in [9.17, 15) is 4.79 Å². The van der Waals surface area contributed by atoms with Crippen molar-refractivity contribution in [1.29, 1.82) is 0 Å². The number of nitrogens with one attached hydrogen (secondary N) is 2. The lowest BCUT2D eigenvalue weighted by molar-refractivity contribution is -0.124. The fourth-order valence-corrected chi connectivity index (χ4v) is 3.41. The quantitative estimate of drug-likeness (QED) is 0.753. The summed E-state index contributed by atoms with van der Waals surface area (Å²) < 4.78 is 0. The number of rotatable bonds is 4. The van der Waals surface area contributed by atoms with Crippen molar-refractivity contribution in [3.8, 4) is 0 Å². The second-order valence-corrected chi connectivity index (χ2v) is 6.22. The van der Waals surface area contributed by atoms with Crippen molar-refractivity contribution >= 4 is 17.7 Å². The van der Waals surface area contributed by atoms with Gasteiger partial charge in [-0.15, -0.1) is 0 Å². The van der Waals surface area contributed by atoms with E-state index in [2.05, 4.69) is 16.9 Å². The van der Waals surface area contributed by atoms with Crippen LogP contribution in [0.15, 0.2) is 0 Å². The molecular weight excluding hydrogens is 232 g/mol. The normalized spacial score (nSPS) is 32.9. The van der Waals surface area contributed by atoms with Crippen LogP contribution >= 0.6 is 11.8 Å². The van der Waals surface area contributed by atoms with Gasteiger partial charge in [0.15, 0.2) is 0 Å². The first-order valence-electron chi connectivity index (χ1n) is 6.84. The fraction of sp³-hybridized carbons (Fsp3) is 0.923. The van der Waals surface area contributed by atoms with Crippen molar-refractivity contribution < 1.29 is 4.79 Å². The Morgan fingerprint density at radius 3 is 2.94 bits per heavy atom. The van der Waals surface area contributed by atoms with Gasteiger partial charge in [0, 0.05) is 18.3 Å². The summed E-state index contributed by atoms with van der Waals surface area (Å²) in [5, 5.41) is 6.59. The number of carbonyl (C=O) groups is 1. The number of hydrogen-bond donors (Lipinski definition) is 2. The zero-order valence-electron chi connectivity index (χ0n) is 10.7. The van der Waals surface area contributed by atoms with Crippen LogP contribution in [-0.2, 0) is 4.79 Å². The molecule has 98 valence electrons. The van der Waals surface area contributed by atoms with Crippen LogP contribution in [-0.4, -0.2) is 36.5 Å². The van der Waals surface area contributed by atoms with Crippen LogP contribution in [0.4, 0.5) is 0 Å². The SMILES string of the molecule is CSCCNC(=O)C1CCC2CCCCC2N1. The van der Waals surface area contributed by atoms with Gasteiger partial charge in [-0.1, -0.05) is 12.8 Å². The maximum atomic E-state index is 12.0. The highest BCUT2D eigenvalue weighted by molar-refractivity contribution is 7.98. The van der Waals surface area contributed by atoms with E-state index in [1.54, 1.807) is 11.8 Å². The van der Waals surface area contributed by atoms with Crippen molar-refractivity contribution in [2.24, 2.45) is 5.92 Å². The first-order chi connectivity index (χ1) is 8.31. The number of piperidine rings is 1. The summed E-state index contributed by atoms with van der Waals surface area (Å²) in [5.74, 6) is 2.05. The third-order valence-electron chi connectivity index (χ3n) is 4.07. The molecule has 2 fully saturated rings. The molecule has 1 amide bonds. The maximum Gasteiger partial charge on any atom is 0.237 e. The van der Waals surface area contributed by atoms with Crippen LogP contribution in [0.25, 0.3) is 0 Å². The Labute approximate surface area is 108 Å². The molecule has 4 heteroatoms. The number of thioether (sulfide) groups is 1. The highest BCUT2D eigenvalue weighted by Gasteiger charge is 2.34. The smallest absolute Gasteiger partial charge is 0.237 e. The molecule has 2 N–H and O–H groups in total. The second kappa shape index (κ2) is 6.64. The molecule has 2 aliphatic rings. The molecule has 0 aromatic rings. The van der Waals surface area contributed by atoms with Crippen LogP contribution < -0.4 is 10.6 Å². The molecule has 1 aliphatic heterocycles. The van der Waals surface area contributed by atoms with Crippen LogP contribution in [0.3, 0.4) is 0 Å². The highest BCUT2D eigenvalue weighted by Crippen LogP contribution is 2.32. The Morgan fingerprint density at radius 2 is 2.12 bits per heavy atom. The van der Waals surface area contributed by atoms with Crippen molar-refractivity contribution in [1.82, 2.24) is 10.6 Å². The molecule has 3 atom stereocenters. The Balaban J connectivity index is 1.76. The van der Waals surface area contributed by atoms with E-state index in [-0.39, 0.29) is 11.9 Å². The Morgan fingerprint density at radius 1 is 1.29 bits per heavy atom. The number of carbonyl (C=O) groups excluding carboxylic acids is 1. The lowest BCUT2D eigenvalue weighted by Crippen LogP contribution is -2.55. The molecule has 3 unspecified atom stereocenters.